The zero-order valence-corrected chi connectivity index (χ0v) is 12.4. The normalized spacial score (nSPS) is 12.5. The van der Waals surface area contributed by atoms with Crippen LogP contribution in [-0.4, -0.2) is 44.2 Å². The number of methoxy groups -OCH3 is 1. The molecule has 5 heteroatoms. The summed E-state index contributed by atoms with van der Waals surface area (Å²) in [5, 5.41) is 3.59. The molecule has 1 unspecified atom stereocenters. The van der Waals surface area contributed by atoms with E-state index in [0.29, 0.717) is 24.7 Å². The monoisotopic (exact) mass is 284 g/mol. The van der Waals surface area contributed by atoms with Gasteiger partial charge in [-0.05, 0) is 31.7 Å². The fourth-order valence-corrected chi connectivity index (χ4v) is 2.07. The van der Waals surface area contributed by atoms with Gasteiger partial charge in [-0.15, -0.1) is 0 Å². The molecule has 0 aliphatic heterocycles. The lowest BCUT2D eigenvalue weighted by molar-refractivity contribution is -0.123. The van der Waals surface area contributed by atoms with Crippen molar-refractivity contribution in [3.8, 4) is 0 Å². The summed E-state index contributed by atoms with van der Waals surface area (Å²) >= 11 is 5.93. The Morgan fingerprint density at radius 2 is 2.26 bits per heavy atom. The van der Waals surface area contributed by atoms with Crippen LogP contribution in [0.15, 0.2) is 24.3 Å². The fraction of sp³-hybridized carbons (Fsp3) is 0.500. The predicted octanol–water partition coefficient (Wildman–Crippen LogP) is 1.92. The Bertz CT molecular complexity index is 412. The van der Waals surface area contributed by atoms with Crippen molar-refractivity contribution in [3.05, 3.63) is 34.9 Å². The van der Waals surface area contributed by atoms with Gasteiger partial charge in [0.2, 0.25) is 5.91 Å². The number of carbonyl (C=O) groups is 1. The summed E-state index contributed by atoms with van der Waals surface area (Å²) in [5.41, 5.74) is 1.09. The van der Waals surface area contributed by atoms with Crippen molar-refractivity contribution in [2.45, 2.75) is 19.5 Å². The highest BCUT2D eigenvalue weighted by molar-refractivity contribution is 6.30. The van der Waals surface area contributed by atoms with E-state index >= 15 is 0 Å². The molecule has 1 amide bonds. The van der Waals surface area contributed by atoms with Crippen molar-refractivity contribution < 1.29 is 9.53 Å². The number of nitrogens with one attached hydrogen (secondary N) is 1. The SMILES string of the molecule is COCC(C)NC(=O)CN(C)Cc1cccc(Cl)c1. The maximum absolute atomic E-state index is 11.8. The smallest absolute Gasteiger partial charge is 0.234 e. The van der Waals surface area contributed by atoms with Gasteiger partial charge >= 0.3 is 0 Å². The number of likely N-dealkylation sites (N-methyl/N-ethyl adjacent to an activating group) is 1. The van der Waals surface area contributed by atoms with Crippen LogP contribution in [0, 0.1) is 0 Å². The van der Waals surface area contributed by atoms with E-state index in [1.807, 2.05) is 43.1 Å². The van der Waals surface area contributed by atoms with E-state index < -0.39 is 0 Å². The number of halogens is 1. The van der Waals surface area contributed by atoms with E-state index in [4.69, 9.17) is 16.3 Å². The van der Waals surface area contributed by atoms with Crippen molar-refractivity contribution in [2.24, 2.45) is 0 Å². The standard InChI is InChI=1S/C14H21ClN2O2/c1-11(10-19-3)16-14(18)9-17(2)8-12-5-4-6-13(15)7-12/h4-7,11H,8-10H2,1-3H3,(H,16,18). The number of hydrogen-bond donors (Lipinski definition) is 1. The van der Waals surface area contributed by atoms with Crippen LogP contribution in [-0.2, 0) is 16.1 Å². The van der Waals surface area contributed by atoms with Gasteiger partial charge in [0.15, 0.2) is 0 Å². The second kappa shape index (κ2) is 8.15. The molecule has 1 rings (SSSR count). The van der Waals surface area contributed by atoms with Gasteiger partial charge in [-0.1, -0.05) is 23.7 Å². The Morgan fingerprint density at radius 1 is 1.53 bits per heavy atom. The van der Waals surface area contributed by atoms with E-state index in [1.54, 1.807) is 7.11 Å². The fourth-order valence-electron chi connectivity index (χ4n) is 1.86. The third-order valence-electron chi connectivity index (χ3n) is 2.58. The van der Waals surface area contributed by atoms with Gasteiger partial charge in [-0.3, -0.25) is 9.69 Å². The van der Waals surface area contributed by atoms with E-state index in [-0.39, 0.29) is 11.9 Å². The van der Waals surface area contributed by atoms with E-state index in [2.05, 4.69) is 5.32 Å². The molecule has 0 saturated heterocycles. The first-order valence-electron chi connectivity index (χ1n) is 6.22. The summed E-state index contributed by atoms with van der Waals surface area (Å²) in [5.74, 6) is -0.00548. The van der Waals surface area contributed by atoms with E-state index in [9.17, 15) is 4.79 Å². The van der Waals surface area contributed by atoms with Crippen LogP contribution >= 0.6 is 11.6 Å². The molecule has 0 spiro atoms. The molecule has 0 radical (unpaired) electrons. The van der Waals surface area contributed by atoms with Gasteiger partial charge in [0.1, 0.15) is 0 Å². The predicted molar refractivity (Wildman–Crippen MR) is 77.3 cm³/mol. The third kappa shape index (κ3) is 6.57. The topological polar surface area (TPSA) is 41.6 Å². The number of carbonyl (C=O) groups excluding carboxylic acids is 1. The summed E-state index contributed by atoms with van der Waals surface area (Å²) in [6, 6.07) is 7.67. The summed E-state index contributed by atoms with van der Waals surface area (Å²) < 4.78 is 4.98. The average Bonchev–Trinajstić information content (AvgIpc) is 2.28. The van der Waals surface area contributed by atoms with Gasteiger partial charge < -0.3 is 10.1 Å². The lowest BCUT2D eigenvalue weighted by Gasteiger charge is -2.18. The van der Waals surface area contributed by atoms with Crippen LogP contribution in [0.4, 0.5) is 0 Å². The van der Waals surface area contributed by atoms with Gasteiger partial charge in [-0.2, -0.15) is 0 Å². The zero-order valence-electron chi connectivity index (χ0n) is 11.6. The number of rotatable bonds is 7. The second-order valence-electron chi connectivity index (χ2n) is 4.73. The minimum Gasteiger partial charge on any atom is -0.383 e. The van der Waals surface area contributed by atoms with Crippen molar-refractivity contribution in [1.82, 2.24) is 10.2 Å². The minimum absolute atomic E-state index is 0.00548. The van der Waals surface area contributed by atoms with Gasteiger partial charge in [0, 0.05) is 24.7 Å². The zero-order chi connectivity index (χ0) is 14.3. The van der Waals surface area contributed by atoms with E-state index in [0.717, 1.165) is 5.56 Å². The van der Waals surface area contributed by atoms with Crippen LogP contribution in [0.3, 0.4) is 0 Å². The van der Waals surface area contributed by atoms with Gasteiger partial charge in [-0.25, -0.2) is 0 Å². The largest absolute Gasteiger partial charge is 0.383 e. The molecule has 0 aliphatic carbocycles. The lowest BCUT2D eigenvalue weighted by Crippen LogP contribution is -2.41. The van der Waals surface area contributed by atoms with Crippen molar-refractivity contribution >= 4 is 17.5 Å². The number of nitrogens with zero attached hydrogens (tertiary/aromatic N) is 1. The molecule has 1 atom stereocenters. The number of hydrogen-bond acceptors (Lipinski definition) is 3. The Labute approximate surface area is 119 Å². The molecule has 0 fully saturated rings. The van der Waals surface area contributed by atoms with Crippen LogP contribution in [0.25, 0.3) is 0 Å². The van der Waals surface area contributed by atoms with Crippen molar-refractivity contribution in [3.63, 3.8) is 0 Å². The first-order valence-corrected chi connectivity index (χ1v) is 6.60. The first-order chi connectivity index (χ1) is 9.01. The van der Waals surface area contributed by atoms with Crippen LogP contribution < -0.4 is 5.32 Å². The summed E-state index contributed by atoms with van der Waals surface area (Å²) in [6.07, 6.45) is 0. The van der Waals surface area contributed by atoms with Crippen LogP contribution in [0.1, 0.15) is 12.5 Å². The van der Waals surface area contributed by atoms with Crippen LogP contribution in [0.5, 0.6) is 0 Å². The summed E-state index contributed by atoms with van der Waals surface area (Å²) in [7, 11) is 3.52. The molecule has 106 valence electrons. The lowest BCUT2D eigenvalue weighted by atomic mass is 10.2. The molecule has 0 bridgehead atoms. The minimum atomic E-state index is -0.00548. The summed E-state index contributed by atoms with van der Waals surface area (Å²) in [6.45, 7) is 3.47. The molecular formula is C14H21ClN2O2. The quantitative estimate of drug-likeness (QED) is 0.832. The Kier molecular flexibility index (Phi) is 6.84. The average molecular weight is 285 g/mol. The highest BCUT2D eigenvalue weighted by Gasteiger charge is 2.10. The van der Waals surface area contributed by atoms with Gasteiger partial charge in [0.05, 0.1) is 13.2 Å². The molecular weight excluding hydrogens is 264 g/mol. The summed E-state index contributed by atoms with van der Waals surface area (Å²) in [4.78, 5) is 13.7. The highest BCUT2D eigenvalue weighted by Crippen LogP contribution is 2.11. The third-order valence-corrected chi connectivity index (χ3v) is 2.81. The molecule has 0 saturated carbocycles. The van der Waals surface area contributed by atoms with Gasteiger partial charge in [0.25, 0.3) is 0 Å². The van der Waals surface area contributed by atoms with Crippen molar-refractivity contribution in [1.29, 1.82) is 0 Å². The molecule has 1 aromatic carbocycles. The maximum Gasteiger partial charge on any atom is 0.234 e. The molecule has 1 N–H and O–H groups in total. The highest BCUT2D eigenvalue weighted by atomic mass is 35.5. The molecule has 0 aliphatic rings. The number of benzene rings is 1. The van der Waals surface area contributed by atoms with Crippen LogP contribution in [0.2, 0.25) is 5.02 Å². The first kappa shape index (κ1) is 16.0. The Balaban J connectivity index is 2.38. The van der Waals surface area contributed by atoms with Crippen molar-refractivity contribution in [2.75, 3.05) is 27.3 Å². The molecule has 4 nitrogen and oxygen atoms in total. The molecule has 19 heavy (non-hydrogen) atoms. The Hall–Kier alpha value is -1.10. The second-order valence-corrected chi connectivity index (χ2v) is 5.16. The molecule has 0 aromatic heterocycles. The molecule has 0 heterocycles. The number of amides is 1. The molecule has 1 aromatic rings. The van der Waals surface area contributed by atoms with E-state index in [1.165, 1.54) is 0 Å². The Morgan fingerprint density at radius 3 is 2.89 bits per heavy atom. The number of ether oxygens (including phenoxy) is 1. The maximum atomic E-state index is 11.8.